The average molecular weight is 267 g/mol. The Kier molecular flexibility index (Phi) is 3.52. The van der Waals surface area contributed by atoms with Crippen molar-refractivity contribution in [2.45, 2.75) is 12.8 Å². The Balaban J connectivity index is 1.87. The maximum Gasteiger partial charge on any atom is 0.332 e. The molecule has 0 saturated carbocycles. The first kappa shape index (κ1) is 12.9. The van der Waals surface area contributed by atoms with Gasteiger partial charge in [-0.15, -0.1) is 0 Å². The summed E-state index contributed by atoms with van der Waals surface area (Å²) in [6.07, 6.45) is 1.38. The lowest BCUT2D eigenvalue weighted by Gasteiger charge is -2.23. The highest BCUT2D eigenvalue weighted by atomic mass is 16.7. The molecule has 0 unspecified atom stereocenters. The van der Waals surface area contributed by atoms with Crippen LogP contribution in [-0.2, 0) is 22.5 Å². The molecule has 2 aromatic carbocycles. The van der Waals surface area contributed by atoms with Gasteiger partial charge in [-0.3, -0.25) is 0 Å². The molecule has 1 aliphatic rings. The number of rotatable bonds is 4. The number of carbonyl (C=O) groups excluding carboxylic acids is 1. The van der Waals surface area contributed by atoms with Crippen LogP contribution >= 0.6 is 0 Å². The smallest absolute Gasteiger partial charge is 0.332 e. The van der Waals surface area contributed by atoms with Crippen molar-refractivity contribution in [2.24, 2.45) is 5.41 Å². The zero-order chi connectivity index (χ0) is 13.8. The Hall–Kier alpha value is -2.13. The van der Waals surface area contributed by atoms with Gasteiger partial charge < -0.3 is 4.84 Å². The van der Waals surface area contributed by atoms with Crippen LogP contribution in [0.4, 0.5) is 0 Å². The Morgan fingerprint density at radius 1 is 0.900 bits per heavy atom. The molecule has 1 aliphatic heterocycles. The summed E-state index contributed by atoms with van der Waals surface area (Å²) in [6, 6.07) is 20.2. The summed E-state index contributed by atoms with van der Waals surface area (Å²) in [5, 5.41) is 0. The molecule has 0 bridgehead atoms. The van der Waals surface area contributed by atoms with E-state index in [0.717, 1.165) is 11.1 Å². The van der Waals surface area contributed by atoms with Gasteiger partial charge in [0.1, 0.15) is 0 Å². The van der Waals surface area contributed by atoms with Crippen molar-refractivity contribution in [1.82, 2.24) is 5.48 Å². The van der Waals surface area contributed by atoms with E-state index in [4.69, 9.17) is 4.84 Å². The fourth-order valence-corrected chi connectivity index (χ4v) is 2.73. The van der Waals surface area contributed by atoms with E-state index >= 15 is 0 Å². The van der Waals surface area contributed by atoms with E-state index in [9.17, 15) is 4.79 Å². The molecule has 2 aromatic rings. The predicted molar refractivity (Wildman–Crippen MR) is 76.8 cm³/mol. The van der Waals surface area contributed by atoms with E-state index in [1.807, 2.05) is 36.4 Å². The van der Waals surface area contributed by atoms with Crippen molar-refractivity contribution in [3.05, 3.63) is 71.8 Å². The monoisotopic (exact) mass is 267 g/mol. The molecule has 3 heteroatoms. The van der Waals surface area contributed by atoms with Gasteiger partial charge in [0.15, 0.2) is 0 Å². The maximum atomic E-state index is 12.2. The minimum Gasteiger partial charge on any atom is -0.370 e. The van der Waals surface area contributed by atoms with Crippen LogP contribution < -0.4 is 5.48 Å². The van der Waals surface area contributed by atoms with E-state index in [-0.39, 0.29) is 5.97 Å². The highest BCUT2D eigenvalue weighted by molar-refractivity contribution is 5.79. The first-order chi connectivity index (χ1) is 9.78. The van der Waals surface area contributed by atoms with Gasteiger partial charge in [0.05, 0.1) is 5.41 Å². The third-order valence-electron chi connectivity index (χ3n) is 3.78. The zero-order valence-electron chi connectivity index (χ0n) is 11.2. The van der Waals surface area contributed by atoms with Gasteiger partial charge in [-0.2, -0.15) is 5.48 Å². The van der Waals surface area contributed by atoms with Crippen LogP contribution in [0.5, 0.6) is 0 Å². The molecule has 1 N–H and O–H groups in total. The van der Waals surface area contributed by atoms with E-state index in [0.29, 0.717) is 19.4 Å². The van der Waals surface area contributed by atoms with Crippen LogP contribution in [0.15, 0.2) is 60.7 Å². The number of nitrogens with one attached hydrogen (secondary N) is 1. The fourth-order valence-electron chi connectivity index (χ4n) is 2.73. The van der Waals surface area contributed by atoms with Gasteiger partial charge in [-0.25, -0.2) is 4.79 Å². The molecule has 0 aliphatic carbocycles. The number of hydrogen-bond donors (Lipinski definition) is 1. The molecular formula is C17H17NO2. The summed E-state index contributed by atoms with van der Waals surface area (Å²) < 4.78 is 0. The molecule has 0 atom stereocenters. The summed E-state index contributed by atoms with van der Waals surface area (Å²) in [5.74, 6) is -0.162. The molecule has 102 valence electrons. The lowest BCUT2D eigenvalue weighted by molar-refractivity contribution is -0.150. The highest BCUT2D eigenvalue weighted by Crippen LogP contribution is 2.32. The van der Waals surface area contributed by atoms with Gasteiger partial charge >= 0.3 is 5.97 Å². The van der Waals surface area contributed by atoms with Crippen LogP contribution in [0.3, 0.4) is 0 Å². The normalized spacial score (nSPS) is 16.9. The standard InChI is InChI=1S/C17H17NO2/c19-16-17(13-18-20-16,11-14-7-3-1-4-8-14)12-15-9-5-2-6-10-15/h1-10,18H,11-13H2. The molecule has 3 nitrogen and oxygen atoms in total. The Bertz CT molecular complexity index is 539. The van der Waals surface area contributed by atoms with Crippen LogP contribution in [0, 0.1) is 5.41 Å². The summed E-state index contributed by atoms with van der Waals surface area (Å²) >= 11 is 0. The van der Waals surface area contributed by atoms with Crippen molar-refractivity contribution in [3.63, 3.8) is 0 Å². The number of carbonyl (C=O) groups is 1. The minimum absolute atomic E-state index is 0.162. The largest absolute Gasteiger partial charge is 0.370 e. The molecule has 3 rings (SSSR count). The Morgan fingerprint density at radius 2 is 1.40 bits per heavy atom. The quantitative estimate of drug-likeness (QED) is 0.925. The van der Waals surface area contributed by atoms with Gasteiger partial charge in [-0.1, -0.05) is 60.7 Å². The Labute approximate surface area is 118 Å². The summed E-state index contributed by atoms with van der Waals surface area (Å²) in [4.78, 5) is 17.2. The van der Waals surface area contributed by atoms with E-state index in [2.05, 4.69) is 29.7 Å². The molecular weight excluding hydrogens is 250 g/mol. The third kappa shape index (κ3) is 2.58. The number of benzene rings is 2. The second kappa shape index (κ2) is 5.47. The molecule has 1 saturated heterocycles. The van der Waals surface area contributed by atoms with E-state index in [1.54, 1.807) is 0 Å². The second-order valence-corrected chi connectivity index (χ2v) is 5.32. The minimum atomic E-state index is -0.511. The molecule has 1 fully saturated rings. The molecule has 1 heterocycles. The first-order valence-corrected chi connectivity index (χ1v) is 6.81. The van der Waals surface area contributed by atoms with Crippen LogP contribution in [0.2, 0.25) is 0 Å². The number of hydrogen-bond acceptors (Lipinski definition) is 3. The van der Waals surface area contributed by atoms with Crippen molar-refractivity contribution < 1.29 is 9.63 Å². The van der Waals surface area contributed by atoms with Crippen molar-refractivity contribution in [2.75, 3.05) is 6.54 Å². The topological polar surface area (TPSA) is 38.3 Å². The lowest BCUT2D eigenvalue weighted by atomic mass is 9.77. The van der Waals surface area contributed by atoms with E-state index < -0.39 is 5.41 Å². The third-order valence-corrected chi connectivity index (χ3v) is 3.78. The van der Waals surface area contributed by atoms with Crippen LogP contribution in [-0.4, -0.2) is 12.5 Å². The molecule has 0 spiro atoms. The SMILES string of the molecule is O=C1ONCC1(Cc1ccccc1)Cc1ccccc1. The van der Waals surface area contributed by atoms with E-state index in [1.165, 1.54) is 0 Å². The van der Waals surface area contributed by atoms with Crippen molar-refractivity contribution in [1.29, 1.82) is 0 Å². The first-order valence-electron chi connectivity index (χ1n) is 6.81. The summed E-state index contributed by atoms with van der Waals surface area (Å²) in [6.45, 7) is 0.551. The van der Waals surface area contributed by atoms with Gasteiger partial charge in [0, 0.05) is 6.54 Å². The van der Waals surface area contributed by atoms with Crippen molar-refractivity contribution in [3.8, 4) is 0 Å². The van der Waals surface area contributed by atoms with Crippen LogP contribution in [0.1, 0.15) is 11.1 Å². The van der Waals surface area contributed by atoms with Crippen molar-refractivity contribution >= 4 is 5.97 Å². The van der Waals surface area contributed by atoms with Gasteiger partial charge in [0.25, 0.3) is 0 Å². The van der Waals surface area contributed by atoms with Crippen LogP contribution in [0.25, 0.3) is 0 Å². The second-order valence-electron chi connectivity index (χ2n) is 5.32. The fraction of sp³-hybridized carbons (Fsp3) is 0.235. The maximum absolute atomic E-state index is 12.2. The molecule has 0 aromatic heterocycles. The summed E-state index contributed by atoms with van der Waals surface area (Å²) in [7, 11) is 0. The lowest BCUT2D eigenvalue weighted by Crippen LogP contribution is -2.35. The molecule has 20 heavy (non-hydrogen) atoms. The van der Waals surface area contributed by atoms with Gasteiger partial charge in [-0.05, 0) is 24.0 Å². The predicted octanol–water partition coefficient (Wildman–Crippen LogP) is 2.52. The number of hydroxylamine groups is 1. The zero-order valence-corrected chi connectivity index (χ0v) is 11.2. The summed E-state index contributed by atoms with van der Waals surface area (Å²) in [5.41, 5.74) is 4.56. The molecule has 0 radical (unpaired) electrons. The highest BCUT2D eigenvalue weighted by Gasteiger charge is 2.45. The molecule has 0 amide bonds. The Morgan fingerprint density at radius 3 is 1.80 bits per heavy atom. The average Bonchev–Trinajstić information content (AvgIpc) is 2.82. The van der Waals surface area contributed by atoms with Gasteiger partial charge in [0.2, 0.25) is 0 Å².